The van der Waals surface area contributed by atoms with Crippen molar-refractivity contribution in [2.24, 2.45) is 11.7 Å². The summed E-state index contributed by atoms with van der Waals surface area (Å²) in [5.41, 5.74) is 6.96. The van der Waals surface area contributed by atoms with Crippen molar-refractivity contribution >= 4 is 5.84 Å². The van der Waals surface area contributed by atoms with E-state index in [-0.39, 0.29) is 11.9 Å². The van der Waals surface area contributed by atoms with Gasteiger partial charge in [-0.3, -0.25) is 10.3 Å². The average Bonchev–Trinajstić information content (AvgIpc) is 2.86. The van der Waals surface area contributed by atoms with Crippen molar-refractivity contribution in [1.82, 2.24) is 4.90 Å². The molecule has 3 nitrogen and oxygen atoms in total. The second-order valence-corrected chi connectivity index (χ2v) is 5.85. The Kier molecular flexibility index (Phi) is 4.59. The molecule has 1 heterocycles. The summed E-state index contributed by atoms with van der Waals surface area (Å²) in [5.74, 6) is 0.934. The minimum Gasteiger partial charge on any atom is -0.388 e. The summed E-state index contributed by atoms with van der Waals surface area (Å²) in [6.07, 6.45) is 3.15. The SMILES string of the molecule is CC(C)C1CCCN1C(CC(=N)N)c1ccccc1. The standard InChI is InChI=1S/C16H25N3/c1-12(2)14-9-6-10-19(14)15(11-16(17)18)13-7-4-3-5-8-13/h3-5,7-8,12,14-15H,6,9-11H2,1-2H3,(H3,17,18). The van der Waals surface area contributed by atoms with Crippen LogP contribution in [-0.2, 0) is 0 Å². The first-order valence-electron chi connectivity index (χ1n) is 7.23. The van der Waals surface area contributed by atoms with E-state index in [1.807, 2.05) is 6.07 Å². The first kappa shape index (κ1) is 14.1. The lowest BCUT2D eigenvalue weighted by molar-refractivity contribution is 0.149. The van der Waals surface area contributed by atoms with Gasteiger partial charge >= 0.3 is 0 Å². The summed E-state index contributed by atoms with van der Waals surface area (Å²) < 4.78 is 0. The third-order valence-electron chi connectivity index (χ3n) is 4.11. The molecule has 0 aliphatic carbocycles. The van der Waals surface area contributed by atoms with Crippen LogP contribution in [0.5, 0.6) is 0 Å². The summed E-state index contributed by atoms with van der Waals surface area (Å²) >= 11 is 0. The highest BCUT2D eigenvalue weighted by atomic mass is 15.2. The molecular formula is C16H25N3. The van der Waals surface area contributed by atoms with Crippen LogP contribution in [0.25, 0.3) is 0 Å². The zero-order chi connectivity index (χ0) is 13.8. The van der Waals surface area contributed by atoms with E-state index in [0.717, 1.165) is 6.54 Å². The Labute approximate surface area is 116 Å². The van der Waals surface area contributed by atoms with Crippen molar-refractivity contribution in [3.05, 3.63) is 35.9 Å². The van der Waals surface area contributed by atoms with Gasteiger partial charge in [0.05, 0.1) is 5.84 Å². The predicted molar refractivity (Wildman–Crippen MR) is 80.3 cm³/mol. The average molecular weight is 259 g/mol. The van der Waals surface area contributed by atoms with Gasteiger partial charge in [0.2, 0.25) is 0 Å². The number of nitrogens with zero attached hydrogens (tertiary/aromatic N) is 1. The molecule has 2 atom stereocenters. The molecule has 1 saturated heterocycles. The predicted octanol–water partition coefficient (Wildman–Crippen LogP) is 3.17. The Hall–Kier alpha value is -1.35. The highest BCUT2D eigenvalue weighted by Crippen LogP contribution is 2.34. The van der Waals surface area contributed by atoms with E-state index >= 15 is 0 Å². The van der Waals surface area contributed by atoms with Crippen LogP contribution >= 0.6 is 0 Å². The zero-order valence-corrected chi connectivity index (χ0v) is 12.0. The van der Waals surface area contributed by atoms with E-state index in [1.165, 1.54) is 18.4 Å². The minimum absolute atomic E-state index is 0.258. The molecule has 2 unspecified atom stereocenters. The molecule has 0 saturated carbocycles. The van der Waals surface area contributed by atoms with Crippen LogP contribution in [0.3, 0.4) is 0 Å². The molecule has 0 aromatic heterocycles. The van der Waals surface area contributed by atoms with Crippen molar-refractivity contribution in [3.8, 4) is 0 Å². The highest BCUT2D eigenvalue weighted by Gasteiger charge is 2.33. The van der Waals surface area contributed by atoms with E-state index in [9.17, 15) is 0 Å². The summed E-state index contributed by atoms with van der Waals surface area (Å²) in [5, 5.41) is 7.66. The lowest BCUT2D eigenvalue weighted by Crippen LogP contribution is -2.38. The van der Waals surface area contributed by atoms with Crippen LogP contribution in [0.1, 0.15) is 44.7 Å². The summed E-state index contributed by atoms with van der Waals surface area (Å²) in [6, 6.07) is 11.4. The molecule has 1 aliphatic heterocycles. The second kappa shape index (κ2) is 6.20. The highest BCUT2D eigenvalue weighted by molar-refractivity contribution is 5.77. The normalized spacial score (nSPS) is 21.7. The number of benzene rings is 1. The number of hydrogen-bond acceptors (Lipinski definition) is 2. The maximum Gasteiger partial charge on any atom is 0.0924 e. The molecule has 3 heteroatoms. The summed E-state index contributed by atoms with van der Waals surface area (Å²) in [4.78, 5) is 2.56. The molecule has 1 aromatic carbocycles. The molecule has 1 aromatic rings. The van der Waals surface area contributed by atoms with Crippen LogP contribution in [0, 0.1) is 11.3 Å². The van der Waals surface area contributed by atoms with Gasteiger partial charge in [0.25, 0.3) is 0 Å². The molecule has 1 fully saturated rings. The van der Waals surface area contributed by atoms with Crippen LogP contribution < -0.4 is 5.73 Å². The molecule has 19 heavy (non-hydrogen) atoms. The van der Waals surface area contributed by atoms with Crippen molar-refractivity contribution < 1.29 is 0 Å². The van der Waals surface area contributed by atoms with Crippen LogP contribution in [0.4, 0.5) is 0 Å². The Bertz CT molecular complexity index is 413. The van der Waals surface area contributed by atoms with E-state index in [2.05, 4.69) is 43.0 Å². The Balaban J connectivity index is 2.25. The molecule has 0 bridgehead atoms. The number of rotatable bonds is 5. The quantitative estimate of drug-likeness (QED) is 0.630. The Morgan fingerprint density at radius 1 is 1.37 bits per heavy atom. The Morgan fingerprint density at radius 2 is 2.05 bits per heavy atom. The molecular weight excluding hydrogens is 234 g/mol. The van der Waals surface area contributed by atoms with Gasteiger partial charge in [-0.05, 0) is 30.9 Å². The first-order chi connectivity index (χ1) is 9.09. The van der Waals surface area contributed by atoms with E-state index in [1.54, 1.807) is 0 Å². The number of nitrogens with two attached hydrogens (primary N) is 1. The number of hydrogen-bond donors (Lipinski definition) is 2. The number of nitrogens with one attached hydrogen (secondary N) is 1. The molecule has 0 radical (unpaired) electrons. The van der Waals surface area contributed by atoms with Crippen molar-refractivity contribution in [2.75, 3.05) is 6.54 Å². The maximum atomic E-state index is 7.66. The monoisotopic (exact) mass is 259 g/mol. The van der Waals surface area contributed by atoms with Gasteiger partial charge in [-0.25, -0.2) is 0 Å². The van der Waals surface area contributed by atoms with E-state index in [4.69, 9.17) is 11.1 Å². The van der Waals surface area contributed by atoms with Gasteiger partial charge in [0.1, 0.15) is 0 Å². The van der Waals surface area contributed by atoms with E-state index < -0.39 is 0 Å². The summed E-state index contributed by atoms with van der Waals surface area (Å²) in [7, 11) is 0. The fourth-order valence-corrected chi connectivity index (χ4v) is 3.23. The zero-order valence-electron chi connectivity index (χ0n) is 12.0. The van der Waals surface area contributed by atoms with Gasteiger partial charge in [-0.1, -0.05) is 44.2 Å². The molecule has 0 spiro atoms. The number of likely N-dealkylation sites (tertiary alicyclic amines) is 1. The molecule has 2 rings (SSSR count). The topological polar surface area (TPSA) is 53.1 Å². The third kappa shape index (κ3) is 3.35. The molecule has 104 valence electrons. The largest absolute Gasteiger partial charge is 0.388 e. The smallest absolute Gasteiger partial charge is 0.0924 e. The van der Waals surface area contributed by atoms with Gasteiger partial charge in [0, 0.05) is 18.5 Å². The number of amidine groups is 1. The fraction of sp³-hybridized carbons (Fsp3) is 0.562. The van der Waals surface area contributed by atoms with Crippen molar-refractivity contribution in [2.45, 2.75) is 45.2 Å². The van der Waals surface area contributed by atoms with Gasteiger partial charge in [-0.2, -0.15) is 0 Å². The molecule has 1 aliphatic rings. The van der Waals surface area contributed by atoms with Gasteiger partial charge in [0.15, 0.2) is 0 Å². The maximum absolute atomic E-state index is 7.66. The van der Waals surface area contributed by atoms with Crippen molar-refractivity contribution in [3.63, 3.8) is 0 Å². The molecule has 0 amide bonds. The van der Waals surface area contributed by atoms with Gasteiger partial charge in [-0.15, -0.1) is 0 Å². The summed E-state index contributed by atoms with van der Waals surface area (Å²) in [6.45, 7) is 5.70. The Morgan fingerprint density at radius 3 is 2.63 bits per heavy atom. The lowest BCUT2D eigenvalue weighted by atomic mass is 9.96. The fourth-order valence-electron chi connectivity index (χ4n) is 3.23. The molecule has 3 N–H and O–H groups in total. The van der Waals surface area contributed by atoms with E-state index in [0.29, 0.717) is 18.4 Å². The van der Waals surface area contributed by atoms with Gasteiger partial charge < -0.3 is 5.73 Å². The second-order valence-electron chi connectivity index (χ2n) is 5.85. The van der Waals surface area contributed by atoms with Crippen LogP contribution in [0.2, 0.25) is 0 Å². The lowest BCUT2D eigenvalue weighted by Gasteiger charge is -2.35. The third-order valence-corrected chi connectivity index (χ3v) is 4.11. The van der Waals surface area contributed by atoms with Crippen LogP contribution in [-0.4, -0.2) is 23.3 Å². The minimum atomic E-state index is 0.258. The van der Waals surface area contributed by atoms with Crippen molar-refractivity contribution in [1.29, 1.82) is 5.41 Å². The van der Waals surface area contributed by atoms with Crippen LogP contribution in [0.15, 0.2) is 30.3 Å². The first-order valence-corrected chi connectivity index (χ1v) is 7.23.